The summed E-state index contributed by atoms with van der Waals surface area (Å²) in [6.45, 7) is 3.36. The Morgan fingerprint density at radius 3 is 2.47 bits per heavy atom. The maximum Gasteiger partial charge on any atom is 0.412 e. The summed E-state index contributed by atoms with van der Waals surface area (Å²) < 4.78 is 15.6. The lowest BCUT2D eigenvalue weighted by Gasteiger charge is -2.25. The molecule has 1 amide bonds. The number of nitrogens with zero attached hydrogens (tertiary/aromatic N) is 6. The van der Waals surface area contributed by atoms with Crippen LogP contribution < -0.4 is 16.4 Å². The van der Waals surface area contributed by atoms with E-state index in [4.69, 9.17) is 11.5 Å². The zero-order valence-electron chi connectivity index (χ0n) is 17.1. The summed E-state index contributed by atoms with van der Waals surface area (Å²) in [4.78, 5) is 25.9. The number of rotatable bonds is 5. The third-order valence-corrected chi connectivity index (χ3v) is 5.55. The van der Waals surface area contributed by atoms with Crippen LogP contribution in [0.25, 0.3) is 17.0 Å². The molecule has 0 saturated carbocycles. The van der Waals surface area contributed by atoms with Gasteiger partial charge in [-0.25, -0.2) is 9.18 Å². The maximum atomic E-state index is 14.2. The van der Waals surface area contributed by atoms with Crippen LogP contribution in [0.2, 0.25) is 0 Å². The predicted molar refractivity (Wildman–Crippen MR) is 119 cm³/mol. The van der Waals surface area contributed by atoms with Crippen LogP contribution in [0.5, 0.6) is 0 Å². The minimum atomic E-state index is -1.23. The van der Waals surface area contributed by atoms with Crippen LogP contribution in [0, 0.1) is 5.82 Å². The van der Waals surface area contributed by atoms with E-state index >= 15 is 0 Å². The van der Waals surface area contributed by atoms with Crippen LogP contribution in [-0.2, 0) is 0 Å². The summed E-state index contributed by atoms with van der Waals surface area (Å²) in [5.74, 6) is -0.567. The Balaban J connectivity index is 1.84. The smallest absolute Gasteiger partial charge is 0.412 e. The van der Waals surface area contributed by atoms with Gasteiger partial charge >= 0.3 is 6.09 Å². The van der Waals surface area contributed by atoms with E-state index in [1.54, 1.807) is 50.4 Å². The normalized spacial score (nSPS) is 11.2. The van der Waals surface area contributed by atoms with Gasteiger partial charge in [0.25, 0.3) is 5.95 Å². The number of amides is 1. The first-order valence-corrected chi connectivity index (χ1v) is 10.3. The fraction of sp³-hybridized carbons (Fsp3) is 0.150. The van der Waals surface area contributed by atoms with Gasteiger partial charge in [0.1, 0.15) is 22.0 Å². The molecule has 32 heavy (non-hydrogen) atoms. The molecule has 5 N–H and O–H groups in total. The second-order valence-corrected chi connectivity index (χ2v) is 8.04. The Bertz CT molecular complexity index is 1300. The Hall–Kier alpha value is -3.93. The Labute approximate surface area is 186 Å². The molecule has 164 valence electrons. The molecule has 4 rings (SSSR count). The Morgan fingerprint density at radius 1 is 1.16 bits per heavy atom. The molecular formula is C20H19FN8O2S. The molecule has 0 radical (unpaired) electrons. The van der Waals surface area contributed by atoms with E-state index in [1.807, 2.05) is 0 Å². The van der Waals surface area contributed by atoms with Crippen molar-refractivity contribution < 1.29 is 14.3 Å². The number of hydrogen-bond acceptors (Lipinski definition) is 8. The van der Waals surface area contributed by atoms with Gasteiger partial charge in [-0.05, 0) is 38.1 Å². The zero-order chi connectivity index (χ0) is 23.0. The largest absolute Gasteiger partial charge is 0.465 e. The molecule has 0 saturated heterocycles. The molecule has 3 heterocycles. The summed E-state index contributed by atoms with van der Waals surface area (Å²) in [5.41, 5.74) is 13.2. The summed E-state index contributed by atoms with van der Waals surface area (Å²) in [5, 5.41) is 14.5. The van der Waals surface area contributed by atoms with Gasteiger partial charge in [0.05, 0.1) is 5.52 Å². The standard InChI is InChI=1S/C20H19FN8O2S/c1-10(2)28(20(30)31)15-16(22)25-19(26-17(15)23)29-12-7-5-9-24-14(12)18(27-29)32-13-8-4-3-6-11(13)21/h3-10H,1-2H3,(H,30,31)(H4,22,23,25,26). The molecule has 0 aliphatic carbocycles. The molecule has 4 aromatic rings. The quantitative estimate of drug-likeness (QED) is 0.411. The highest BCUT2D eigenvalue weighted by atomic mass is 32.2. The second kappa shape index (κ2) is 8.30. The van der Waals surface area contributed by atoms with Gasteiger partial charge in [-0.15, -0.1) is 0 Å². The van der Waals surface area contributed by atoms with Crippen molar-refractivity contribution in [3.8, 4) is 5.95 Å². The van der Waals surface area contributed by atoms with Crippen molar-refractivity contribution in [3.63, 3.8) is 0 Å². The van der Waals surface area contributed by atoms with Crippen LogP contribution in [0.15, 0.2) is 52.5 Å². The highest BCUT2D eigenvalue weighted by molar-refractivity contribution is 7.99. The van der Waals surface area contributed by atoms with Crippen molar-refractivity contribution in [1.29, 1.82) is 0 Å². The predicted octanol–water partition coefficient (Wildman–Crippen LogP) is 3.56. The fourth-order valence-electron chi connectivity index (χ4n) is 3.17. The molecule has 10 nitrogen and oxygen atoms in total. The molecule has 0 atom stereocenters. The van der Waals surface area contributed by atoms with Gasteiger partial charge in [-0.3, -0.25) is 9.88 Å². The minimum absolute atomic E-state index is 0.00629. The van der Waals surface area contributed by atoms with Gasteiger partial charge in [-0.1, -0.05) is 23.9 Å². The zero-order valence-corrected chi connectivity index (χ0v) is 17.9. The Morgan fingerprint density at radius 2 is 1.84 bits per heavy atom. The molecule has 0 bridgehead atoms. The highest BCUT2D eigenvalue weighted by Gasteiger charge is 2.26. The lowest BCUT2D eigenvalue weighted by Crippen LogP contribution is -2.37. The van der Waals surface area contributed by atoms with Crippen LogP contribution in [0.1, 0.15) is 13.8 Å². The highest BCUT2D eigenvalue weighted by Crippen LogP contribution is 2.35. The SMILES string of the molecule is CC(C)N(C(=O)O)c1c(N)nc(-n2nc(Sc3ccccc3F)c3ncccc32)nc1N. The lowest BCUT2D eigenvalue weighted by molar-refractivity contribution is 0.200. The van der Waals surface area contributed by atoms with Gasteiger partial charge in [0.2, 0.25) is 0 Å². The van der Waals surface area contributed by atoms with E-state index in [0.717, 1.165) is 16.7 Å². The van der Waals surface area contributed by atoms with E-state index in [0.29, 0.717) is 21.0 Å². The first kappa shape index (κ1) is 21.3. The van der Waals surface area contributed by atoms with Gasteiger partial charge in [0.15, 0.2) is 11.6 Å². The summed E-state index contributed by atoms with van der Waals surface area (Å²) in [6.07, 6.45) is 0.367. The van der Waals surface area contributed by atoms with Crippen LogP contribution in [0.3, 0.4) is 0 Å². The number of hydrogen-bond donors (Lipinski definition) is 3. The number of halogens is 1. The lowest BCUT2D eigenvalue weighted by atomic mass is 10.3. The maximum absolute atomic E-state index is 14.2. The first-order valence-electron chi connectivity index (χ1n) is 9.49. The van der Waals surface area contributed by atoms with Gasteiger partial charge in [0, 0.05) is 17.1 Å². The number of carboxylic acid groups (broad SMARTS) is 1. The molecule has 1 aromatic carbocycles. The average molecular weight is 454 g/mol. The average Bonchev–Trinajstić information content (AvgIpc) is 3.10. The van der Waals surface area contributed by atoms with E-state index in [9.17, 15) is 14.3 Å². The number of pyridine rings is 1. The number of nitrogens with two attached hydrogens (primary N) is 2. The number of benzene rings is 1. The Kier molecular flexibility index (Phi) is 5.53. The summed E-state index contributed by atoms with van der Waals surface area (Å²) >= 11 is 1.11. The number of carbonyl (C=O) groups is 1. The molecular weight excluding hydrogens is 435 g/mol. The topological polar surface area (TPSA) is 149 Å². The first-order chi connectivity index (χ1) is 15.3. The third-order valence-electron chi connectivity index (χ3n) is 4.53. The van der Waals surface area contributed by atoms with Crippen LogP contribution >= 0.6 is 11.8 Å². The van der Waals surface area contributed by atoms with E-state index < -0.39 is 12.1 Å². The van der Waals surface area contributed by atoms with E-state index in [1.165, 1.54) is 10.7 Å². The number of nitrogen functional groups attached to an aromatic ring is 2. The molecule has 0 spiro atoms. The number of aromatic nitrogens is 5. The van der Waals surface area contributed by atoms with E-state index in [-0.39, 0.29) is 29.1 Å². The van der Waals surface area contributed by atoms with Crippen molar-refractivity contribution in [1.82, 2.24) is 24.7 Å². The molecule has 3 aromatic heterocycles. The fourth-order valence-corrected chi connectivity index (χ4v) is 4.07. The molecule has 0 unspecified atom stereocenters. The van der Waals surface area contributed by atoms with Crippen molar-refractivity contribution in [3.05, 3.63) is 48.4 Å². The molecule has 0 fully saturated rings. The van der Waals surface area contributed by atoms with Crippen molar-refractivity contribution >= 4 is 46.2 Å². The summed E-state index contributed by atoms with van der Waals surface area (Å²) in [7, 11) is 0. The summed E-state index contributed by atoms with van der Waals surface area (Å²) in [6, 6.07) is 9.36. The number of fused-ring (bicyclic) bond motifs is 1. The molecule has 12 heteroatoms. The van der Waals surface area contributed by atoms with Crippen molar-refractivity contribution in [2.75, 3.05) is 16.4 Å². The molecule has 0 aliphatic rings. The van der Waals surface area contributed by atoms with Crippen LogP contribution in [-0.4, -0.2) is 42.0 Å². The minimum Gasteiger partial charge on any atom is -0.465 e. The van der Waals surface area contributed by atoms with Crippen molar-refractivity contribution in [2.45, 2.75) is 29.8 Å². The molecule has 0 aliphatic heterocycles. The van der Waals surface area contributed by atoms with Gasteiger partial charge < -0.3 is 16.6 Å². The van der Waals surface area contributed by atoms with Gasteiger partial charge in [-0.2, -0.15) is 19.7 Å². The van der Waals surface area contributed by atoms with Crippen molar-refractivity contribution in [2.24, 2.45) is 0 Å². The second-order valence-electron chi connectivity index (χ2n) is 7.01. The van der Waals surface area contributed by atoms with Crippen LogP contribution in [0.4, 0.5) is 26.5 Å². The third kappa shape index (κ3) is 3.75. The monoisotopic (exact) mass is 454 g/mol. The van der Waals surface area contributed by atoms with E-state index in [2.05, 4.69) is 20.1 Å². The number of anilines is 3.